The number of hydrogen-bond acceptors (Lipinski definition) is 3. The molecule has 0 N–H and O–H groups in total. The van der Waals surface area contributed by atoms with E-state index in [-0.39, 0.29) is 15.5 Å². The zero-order chi connectivity index (χ0) is 33.0. The van der Waals surface area contributed by atoms with Crippen LogP contribution in [0, 0.1) is 11.3 Å². The fourth-order valence-electron chi connectivity index (χ4n) is 6.12. The molecule has 0 bridgehead atoms. The summed E-state index contributed by atoms with van der Waals surface area (Å²) in [6, 6.07) is 22.0. The predicted molar refractivity (Wildman–Crippen MR) is 198 cm³/mol. The van der Waals surface area contributed by atoms with Gasteiger partial charge in [0.05, 0.1) is 12.9 Å². The first-order valence-corrected chi connectivity index (χ1v) is 24.9. The highest BCUT2D eigenvalue weighted by atomic mass is 28.4. The summed E-state index contributed by atoms with van der Waals surface area (Å²) >= 11 is 0. The van der Waals surface area contributed by atoms with E-state index in [1.165, 1.54) is 21.5 Å². The van der Waals surface area contributed by atoms with Crippen molar-refractivity contribution in [3.63, 3.8) is 0 Å². The van der Waals surface area contributed by atoms with Gasteiger partial charge in [0.1, 0.15) is 0 Å². The zero-order valence-electron chi connectivity index (χ0n) is 30.3. The Balaban J connectivity index is 1.98. The van der Waals surface area contributed by atoms with Crippen molar-refractivity contribution in [1.29, 1.82) is 0 Å². The van der Waals surface area contributed by atoms with Crippen molar-refractivity contribution in [2.45, 2.75) is 117 Å². The predicted octanol–water partition coefficient (Wildman–Crippen LogP) is 10.1. The lowest BCUT2D eigenvalue weighted by Gasteiger charge is -2.44. The summed E-state index contributed by atoms with van der Waals surface area (Å²) in [5, 5.41) is 2.84. The number of hydrogen-bond donors (Lipinski definition) is 0. The van der Waals surface area contributed by atoms with Gasteiger partial charge in [-0.15, -0.1) is 0 Å². The molecule has 1 aliphatic carbocycles. The van der Waals surface area contributed by atoms with Gasteiger partial charge in [0.25, 0.3) is 8.32 Å². The SMILES string of the molecule is C[C@H]1C/C(=C\O[Si](C)(C)C)[C@@](C)(CCCO[Si](C)(C)C(C)(C)C)C=C1CO[Si](c1ccccc1)(c1ccccc1)C(C)(C)C. The van der Waals surface area contributed by atoms with Crippen molar-refractivity contribution in [1.82, 2.24) is 0 Å². The largest absolute Gasteiger partial charge is 0.550 e. The smallest absolute Gasteiger partial charge is 0.261 e. The van der Waals surface area contributed by atoms with Crippen LogP contribution in [0.1, 0.15) is 74.7 Å². The summed E-state index contributed by atoms with van der Waals surface area (Å²) in [5.41, 5.74) is 2.73. The maximum atomic E-state index is 7.43. The lowest BCUT2D eigenvalue weighted by molar-refractivity contribution is 0.253. The van der Waals surface area contributed by atoms with E-state index in [0.29, 0.717) is 12.5 Å². The second-order valence-electron chi connectivity index (χ2n) is 16.8. The Morgan fingerprint density at radius 3 is 1.77 bits per heavy atom. The third-order valence-corrected chi connectivity index (χ3v) is 20.3. The summed E-state index contributed by atoms with van der Waals surface area (Å²) in [5.74, 6) is 0.390. The minimum Gasteiger partial charge on any atom is -0.550 e. The Morgan fingerprint density at radius 1 is 0.795 bits per heavy atom. The zero-order valence-corrected chi connectivity index (χ0v) is 33.3. The monoisotopic (exact) mass is 650 g/mol. The molecule has 44 heavy (non-hydrogen) atoms. The van der Waals surface area contributed by atoms with E-state index in [9.17, 15) is 0 Å². The summed E-state index contributed by atoms with van der Waals surface area (Å²) in [4.78, 5) is 0. The molecule has 0 amide bonds. The van der Waals surface area contributed by atoms with E-state index in [1.807, 2.05) is 0 Å². The molecule has 0 aliphatic heterocycles. The van der Waals surface area contributed by atoms with E-state index in [2.05, 4.69) is 161 Å². The molecule has 0 unspecified atom stereocenters. The molecule has 3 rings (SSSR count). The Morgan fingerprint density at radius 2 is 1.32 bits per heavy atom. The van der Waals surface area contributed by atoms with Crippen molar-refractivity contribution in [3.8, 4) is 0 Å². The van der Waals surface area contributed by atoms with Crippen LogP contribution in [0.3, 0.4) is 0 Å². The molecule has 0 spiro atoms. The Labute approximate surface area is 273 Å². The third kappa shape index (κ3) is 8.75. The van der Waals surface area contributed by atoms with E-state index in [4.69, 9.17) is 13.3 Å². The van der Waals surface area contributed by atoms with Crippen molar-refractivity contribution in [2.24, 2.45) is 11.3 Å². The first-order chi connectivity index (χ1) is 20.2. The highest BCUT2D eigenvalue weighted by molar-refractivity contribution is 6.99. The van der Waals surface area contributed by atoms with Crippen LogP contribution in [0.4, 0.5) is 0 Å². The lowest BCUT2D eigenvalue weighted by Crippen LogP contribution is -2.66. The number of benzene rings is 2. The molecule has 0 aromatic heterocycles. The van der Waals surface area contributed by atoms with Crippen LogP contribution < -0.4 is 10.4 Å². The molecule has 1 aliphatic rings. The molecule has 244 valence electrons. The molecular formula is C38H62O3Si3. The molecule has 2 atom stereocenters. The molecule has 2 aromatic carbocycles. The van der Waals surface area contributed by atoms with Gasteiger partial charge in [-0.05, 0) is 89.5 Å². The minimum absolute atomic E-state index is 0.0468. The summed E-state index contributed by atoms with van der Waals surface area (Å²) in [7, 11) is -6.10. The summed E-state index contributed by atoms with van der Waals surface area (Å²) in [6.45, 7) is 31.8. The van der Waals surface area contributed by atoms with Gasteiger partial charge in [-0.1, -0.05) is 122 Å². The first-order valence-electron chi connectivity index (χ1n) is 16.7. The molecule has 0 saturated carbocycles. The van der Waals surface area contributed by atoms with Gasteiger partial charge in [-0.3, -0.25) is 0 Å². The maximum absolute atomic E-state index is 7.43. The van der Waals surface area contributed by atoms with Crippen LogP contribution in [0.25, 0.3) is 0 Å². The van der Waals surface area contributed by atoms with Crippen LogP contribution in [-0.4, -0.2) is 38.2 Å². The van der Waals surface area contributed by atoms with Gasteiger partial charge in [-0.2, -0.15) is 0 Å². The molecule has 6 heteroatoms. The number of rotatable bonds is 12. The first kappa shape index (κ1) is 36.8. The van der Waals surface area contributed by atoms with Crippen LogP contribution >= 0.6 is 0 Å². The highest BCUT2D eigenvalue weighted by Crippen LogP contribution is 2.46. The molecule has 0 heterocycles. The second kappa shape index (κ2) is 14.0. The van der Waals surface area contributed by atoms with Crippen LogP contribution in [0.15, 0.2) is 84.1 Å². The molecule has 2 aromatic rings. The van der Waals surface area contributed by atoms with Crippen molar-refractivity contribution >= 4 is 35.3 Å². The van der Waals surface area contributed by atoms with E-state index in [1.54, 1.807) is 0 Å². The Bertz CT molecular complexity index is 1220. The van der Waals surface area contributed by atoms with E-state index in [0.717, 1.165) is 25.9 Å². The molecule has 0 saturated heterocycles. The van der Waals surface area contributed by atoms with Gasteiger partial charge in [0, 0.05) is 12.0 Å². The van der Waals surface area contributed by atoms with E-state index >= 15 is 0 Å². The average molecular weight is 651 g/mol. The molecule has 3 nitrogen and oxygen atoms in total. The summed E-state index contributed by atoms with van der Waals surface area (Å²) in [6.07, 6.45) is 7.75. The van der Waals surface area contributed by atoms with Crippen LogP contribution in [-0.2, 0) is 13.3 Å². The van der Waals surface area contributed by atoms with Crippen molar-refractivity contribution in [3.05, 3.63) is 84.1 Å². The normalized spacial score (nSPS) is 21.3. The lowest BCUT2D eigenvalue weighted by atomic mass is 9.68. The quantitative estimate of drug-likeness (QED) is 0.0990. The second-order valence-corrected chi connectivity index (χ2v) is 30.4. The van der Waals surface area contributed by atoms with Crippen molar-refractivity contribution in [2.75, 3.05) is 13.2 Å². The fourth-order valence-corrected chi connectivity index (χ4v) is 12.2. The van der Waals surface area contributed by atoms with E-state index < -0.39 is 25.0 Å². The topological polar surface area (TPSA) is 27.7 Å². The summed E-state index contributed by atoms with van der Waals surface area (Å²) < 4.78 is 20.5. The molecular weight excluding hydrogens is 589 g/mol. The van der Waals surface area contributed by atoms with Gasteiger partial charge < -0.3 is 13.3 Å². The molecule has 0 radical (unpaired) electrons. The van der Waals surface area contributed by atoms with Gasteiger partial charge in [0.2, 0.25) is 8.32 Å². The average Bonchev–Trinajstić information content (AvgIpc) is 2.92. The number of allylic oxidation sites excluding steroid dienone is 2. The third-order valence-electron chi connectivity index (χ3n) is 9.93. The fraction of sp³-hybridized carbons (Fsp3) is 0.579. The van der Waals surface area contributed by atoms with Gasteiger partial charge >= 0.3 is 0 Å². The standard InChI is InChI=1S/C38H62O3Si3/c1-31-27-33(30-40-42(9,10)11)38(8,25-20-26-39-43(12,13)36(2,3)4)28-32(31)29-41-44(37(5,6)7,34-21-16-14-17-22-34)35-23-18-15-19-24-35/h14-19,21-24,28,30-31H,20,25-27,29H2,1-13H3/b33-30+/t31-,38-/m0/s1. The Hall–Kier alpha value is -1.71. The molecule has 0 fully saturated rings. The van der Waals surface area contributed by atoms with Crippen LogP contribution in [0.2, 0.25) is 42.8 Å². The highest BCUT2D eigenvalue weighted by Gasteiger charge is 2.50. The van der Waals surface area contributed by atoms with Crippen molar-refractivity contribution < 1.29 is 13.3 Å². The minimum atomic E-state index is -2.63. The van der Waals surface area contributed by atoms with Gasteiger partial charge in [-0.25, -0.2) is 0 Å². The van der Waals surface area contributed by atoms with Gasteiger partial charge in [0.15, 0.2) is 8.32 Å². The maximum Gasteiger partial charge on any atom is 0.261 e. The Kier molecular flexibility index (Phi) is 11.7. The van der Waals surface area contributed by atoms with Crippen LogP contribution in [0.5, 0.6) is 0 Å².